The monoisotopic (exact) mass is 248 g/mol. The molecule has 0 atom stereocenters. The molecule has 0 radical (unpaired) electrons. The van der Waals surface area contributed by atoms with Crippen LogP contribution in [0, 0.1) is 5.82 Å². The maximum Gasteiger partial charge on any atom is 0.358 e. The minimum absolute atomic E-state index is 0.00802. The van der Waals surface area contributed by atoms with Gasteiger partial charge in [0.15, 0.2) is 17.3 Å². The fourth-order valence-corrected chi connectivity index (χ4v) is 1.24. The first kappa shape index (κ1) is 12.0. The number of nitrogens with zero attached hydrogens (tertiary/aromatic N) is 2. The van der Waals surface area contributed by atoms with Crippen LogP contribution in [0.25, 0.3) is 0 Å². The van der Waals surface area contributed by atoms with Gasteiger partial charge in [-0.1, -0.05) is 12.1 Å². The van der Waals surface area contributed by atoms with E-state index < -0.39 is 11.8 Å². The van der Waals surface area contributed by atoms with Crippen molar-refractivity contribution in [3.8, 4) is 11.6 Å². The Morgan fingerprint density at radius 1 is 1.28 bits per heavy atom. The number of para-hydroxylation sites is 1. The maximum atomic E-state index is 13.3. The lowest BCUT2D eigenvalue weighted by atomic mass is 10.3. The van der Waals surface area contributed by atoms with Crippen LogP contribution < -0.4 is 4.74 Å². The number of hydrogen-bond donors (Lipinski definition) is 0. The van der Waals surface area contributed by atoms with Gasteiger partial charge >= 0.3 is 5.97 Å². The molecular weight excluding hydrogens is 239 g/mol. The minimum atomic E-state index is -0.638. The molecule has 1 aromatic heterocycles. The molecule has 1 heterocycles. The molecule has 0 saturated heterocycles. The third kappa shape index (κ3) is 2.60. The normalized spacial score (nSPS) is 9.89. The van der Waals surface area contributed by atoms with Crippen LogP contribution in [-0.4, -0.2) is 23.0 Å². The van der Waals surface area contributed by atoms with Gasteiger partial charge in [-0.15, -0.1) is 0 Å². The van der Waals surface area contributed by atoms with E-state index in [0.29, 0.717) is 0 Å². The molecule has 0 aliphatic heterocycles. The fraction of sp³-hybridized carbons (Fsp3) is 0.0833. The lowest BCUT2D eigenvalue weighted by molar-refractivity contribution is 0.0592. The van der Waals surface area contributed by atoms with Crippen LogP contribution in [-0.2, 0) is 4.74 Å². The molecule has 18 heavy (non-hydrogen) atoms. The highest BCUT2D eigenvalue weighted by molar-refractivity contribution is 5.86. The van der Waals surface area contributed by atoms with E-state index in [4.69, 9.17) is 4.74 Å². The maximum absolute atomic E-state index is 13.3. The van der Waals surface area contributed by atoms with Crippen molar-refractivity contribution >= 4 is 5.97 Å². The first-order valence-corrected chi connectivity index (χ1v) is 5.03. The number of aromatic nitrogens is 2. The molecule has 6 heteroatoms. The molecule has 0 amide bonds. The highest BCUT2D eigenvalue weighted by Gasteiger charge is 2.10. The van der Waals surface area contributed by atoms with Gasteiger partial charge in [0.1, 0.15) is 0 Å². The molecule has 0 saturated carbocycles. The Bertz CT molecular complexity index is 575. The van der Waals surface area contributed by atoms with Crippen molar-refractivity contribution in [1.29, 1.82) is 0 Å². The van der Waals surface area contributed by atoms with E-state index in [2.05, 4.69) is 14.7 Å². The molecule has 5 nitrogen and oxygen atoms in total. The van der Waals surface area contributed by atoms with Crippen LogP contribution in [0.5, 0.6) is 11.6 Å². The van der Waals surface area contributed by atoms with E-state index in [1.807, 2.05) is 0 Å². The number of halogens is 1. The SMILES string of the molecule is COC(=O)c1cncc(Oc2ccccc2F)n1. The molecule has 0 aliphatic rings. The lowest BCUT2D eigenvalue weighted by Crippen LogP contribution is -2.05. The van der Waals surface area contributed by atoms with E-state index in [9.17, 15) is 9.18 Å². The van der Waals surface area contributed by atoms with Crippen LogP contribution in [0.3, 0.4) is 0 Å². The number of esters is 1. The quantitative estimate of drug-likeness (QED) is 0.779. The van der Waals surface area contributed by atoms with Crippen molar-refractivity contribution in [3.05, 3.63) is 48.2 Å². The summed E-state index contributed by atoms with van der Waals surface area (Å²) in [5, 5.41) is 0. The zero-order valence-electron chi connectivity index (χ0n) is 9.46. The number of rotatable bonds is 3. The molecule has 92 valence electrons. The van der Waals surface area contributed by atoms with Gasteiger partial charge in [0.2, 0.25) is 5.88 Å². The first-order chi connectivity index (χ1) is 8.70. The largest absolute Gasteiger partial charge is 0.464 e. The van der Waals surface area contributed by atoms with Gasteiger partial charge < -0.3 is 9.47 Å². The van der Waals surface area contributed by atoms with Crippen molar-refractivity contribution in [1.82, 2.24) is 9.97 Å². The average Bonchev–Trinajstić information content (AvgIpc) is 2.41. The van der Waals surface area contributed by atoms with E-state index in [0.717, 1.165) is 0 Å². The third-order valence-electron chi connectivity index (χ3n) is 2.06. The summed E-state index contributed by atoms with van der Waals surface area (Å²) in [5.41, 5.74) is -0.00802. The Hall–Kier alpha value is -2.50. The van der Waals surface area contributed by atoms with Crippen LogP contribution in [0.1, 0.15) is 10.5 Å². The molecule has 0 unspecified atom stereocenters. The molecule has 0 spiro atoms. The highest BCUT2D eigenvalue weighted by atomic mass is 19.1. The van der Waals surface area contributed by atoms with Gasteiger partial charge in [-0.3, -0.25) is 4.98 Å². The van der Waals surface area contributed by atoms with Gasteiger partial charge in [0, 0.05) is 0 Å². The van der Waals surface area contributed by atoms with Gasteiger partial charge in [-0.05, 0) is 12.1 Å². The summed E-state index contributed by atoms with van der Waals surface area (Å²) in [7, 11) is 1.23. The number of carbonyl (C=O) groups excluding carboxylic acids is 1. The highest BCUT2D eigenvalue weighted by Crippen LogP contribution is 2.21. The molecule has 0 bridgehead atoms. The summed E-state index contributed by atoms with van der Waals surface area (Å²) in [5.74, 6) is -1.14. The third-order valence-corrected chi connectivity index (χ3v) is 2.06. The lowest BCUT2D eigenvalue weighted by Gasteiger charge is -2.05. The zero-order chi connectivity index (χ0) is 13.0. The van der Waals surface area contributed by atoms with Crippen molar-refractivity contribution in [2.45, 2.75) is 0 Å². The molecule has 2 aromatic rings. The molecule has 0 aliphatic carbocycles. The second kappa shape index (κ2) is 5.22. The van der Waals surface area contributed by atoms with Crippen molar-refractivity contribution < 1.29 is 18.7 Å². The van der Waals surface area contributed by atoms with Gasteiger partial charge in [0.25, 0.3) is 0 Å². The Morgan fingerprint density at radius 3 is 2.78 bits per heavy atom. The van der Waals surface area contributed by atoms with Crippen LogP contribution in [0.2, 0.25) is 0 Å². The smallest absolute Gasteiger partial charge is 0.358 e. The number of hydrogen-bond acceptors (Lipinski definition) is 5. The number of ether oxygens (including phenoxy) is 2. The number of methoxy groups -OCH3 is 1. The Kier molecular flexibility index (Phi) is 3.47. The van der Waals surface area contributed by atoms with E-state index >= 15 is 0 Å². The molecule has 2 rings (SSSR count). The topological polar surface area (TPSA) is 61.3 Å². The summed E-state index contributed by atoms with van der Waals surface area (Å²) < 4.78 is 23.0. The summed E-state index contributed by atoms with van der Waals surface area (Å²) >= 11 is 0. The predicted molar refractivity (Wildman–Crippen MR) is 59.8 cm³/mol. The Balaban J connectivity index is 2.25. The second-order valence-electron chi connectivity index (χ2n) is 3.27. The number of carbonyl (C=O) groups is 1. The second-order valence-corrected chi connectivity index (χ2v) is 3.27. The fourth-order valence-electron chi connectivity index (χ4n) is 1.24. The molecule has 0 N–H and O–H groups in total. The molecular formula is C12H9FN2O3. The molecule has 0 fully saturated rings. The summed E-state index contributed by atoms with van der Waals surface area (Å²) in [6.07, 6.45) is 2.51. The Morgan fingerprint density at radius 2 is 2.06 bits per heavy atom. The standard InChI is InChI=1S/C12H9FN2O3/c1-17-12(16)9-6-14-7-11(15-9)18-10-5-3-2-4-8(10)13/h2-7H,1H3. The van der Waals surface area contributed by atoms with E-state index in [-0.39, 0.29) is 17.3 Å². The van der Waals surface area contributed by atoms with Gasteiger partial charge in [-0.25, -0.2) is 14.2 Å². The van der Waals surface area contributed by atoms with Gasteiger partial charge in [0.05, 0.1) is 19.5 Å². The van der Waals surface area contributed by atoms with Crippen LogP contribution in [0.4, 0.5) is 4.39 Å². The van der Waals surface area contributed by atoms with Crippen molar-refractivity contribution in [2.24, 2.45) is 0 Å². The zero-order valence-corrected chi connectivity index (χ0v) is 9.46. The minimum Gasteiger partial charge on any atom is -0.464 e. The van der Waals surface area contributed by atoms with Crippen molar-refractivity contribution in [3.63, 3.8) is 0 Å². The first-order valence-electron chi connectivity index (χ1n) is 5.03. The molecule has 1 aromatic carbocycles. The summed E-state index contributed by atoms with van der Waals surface area (Å²) in [6.45, 7) is 0. The van der Waals surface area contributed by atoms with Crippen LogP contribution >= 0.6 is 0 Å². The van der Waals surface area contributed by atoms with Gasteiger partial charge in [-0.2, -0.15) is 0 Å². The Labute approximate surface area is 102 Å². The summed E-state index contributed by atoms with van der Waals surface area (Å²) in [4.78, 5) is 18.9. The number of benzene rings is 1. The average molecular weight is 248 g/mol. The summed E-state index contributed by atoms with van der Waals surface area (Å²) in [6, 6.07) is 5.86. The predicted octanol–water partition coefficient (Wildman–Crippen LogP) is 2.19. The van der Waals surface area contributed by atoms with Crippen molar-refractivity contribution in [2.75, 3.05) is 7.11 Å². The van der Waals surface area contributed by atoms with E-state index in [1.165, 1.54) is 31.6 Å². The van der Waals surface area contributed by atoms with Crippen LogP contribution in [0.15, 0.2) is 36.7 Å². The van der Waals surface area contributed by atoms with E-state index in [1.54, 1.807) is 12.1 Å².